The summed E-state index contributed by atoms with van der Waals surface area (Å²) in [6, 6.07) is 6.20. The predicted molar refractivity (Wildman–Crippen MR) is 66.0 cm³/mol. The molecule has 0 spiro atoms. The average molecular weight is 268 g/mol. The summed E-state index contributed by atoms with van der Waals surface area (Å²) in [5, 5.41) is 0. The fourth-order valence-electron chi connectivity index (χ4n) is 2.13. The van der Waals surface area contributed by atoms with Gasteiger partial charge in [0.15, 0.2) is 5.79 Å². The first kappa shape index (κ1) is 14.0. The van der Waals surface area contributed by atoms with Crippen molar-refractivity contribution in [3.8, 4) is 0 Å². The van der Waals surface area contributed by atoms with E-state index >= 15 is 0 Å². The molecule has 19 heavy (non-hydrogen) atoms. The molecule has 0 bridgehead atoms. The molecule has 0 aromatic heterocycles. The zero-order chi connectivity index (χ0) is 13.9. The third kappa shape index (κ3) is 3.75. The monoisotopic (exact) mass is 268 g/mol. The number of benzene rings is 1. The molecule has 4 nitrogen and oxygen atoms in total. The molecule has 2 atom stereocenters. The minimum Gasteiger partial charge on any atom is -0.469 e. The second-order valence-corrected chi connectivity index (χ2v) is 4.77. The van der Waals surface area contributed by atoms with Crippen LogP contribution < -0.4 is 0 Å². The van der Waals surface area contributed by atoms with Crippen LogP contribution in [0.5, 0.6) is 0 Å². The number of hydrogen-bond donors (Lipinski definition) is 0. The largest absolute Gasteiger partial charge is 0.469 e. The van der Waals surface area contributed by atoms with Gasteiger partial charge in [0.25, 0.3) is 0 Å². The second-order valence-electron chi connectivity index (χ2n) is 4.77. The predicted octanol–water partition coefficient (Wildman–Crippen LogP) is 2.06. The van der Waals surface area contributed by atoms with E-state index in [0.717, 1.165) is 5.56 Å². The molecule has 2 unspecified atom stereocenters. The van der Waals surface area contributed by atoms with E-state index in [0.29, 0.717) is 13.0 Å². The Kier molecular flexibility index (Phi) is 4.17. The maximum Gasteiger partial charge on any atom is 0.308 e. The molecular weight excluding hydrogens is 251 g/mol. The van der Waals surface area contributed by atoms with Gasteiger partial charge in [-0.15, -0.1) is 0 Å². The Morgan fingerprint density at radius 2 is 2.16 bits per heavy atom. The van der Waals surface area contributed by atoms with E-state index in [4.69, 9.17) is 9.47 Å². The van der Waals surface area contributed by atoms with Crippen LogP contribution in [-0.2, 0) is 25.4 Å². The maximum atomic E-state index is 12.8. The van der Waals surface area contributed by atoms with E-state index in [-0.39, 0.29) is 24.3 Å². The second kappa shape index (κ2) is 5.67. The highest BCUT2D eigenvalue weighted by Gasteiger charge is 2.38. The minimum atomic E-state index is -0.781. The molecule has 0 saturated carbocycles. The molecule has 1 aromatic carbocycles. The number of halogens is 1. The molecule has 1 aliphatic heterocycles. The fourth-order valence-corrected chi connectivity index (χ4v) is 2.13. The fraction of sp³-hybridized carbons (Fsp3) is 0.500. The number of carbonyl (C=O) groups excluding carboxylic acids is 1. The number of rotatable bonds is 4. The van der Waals surface area contributed by atoms with Gasteiger partial charge in [0.2, 0.25) is 0 Å². The van der Waals surface area contributed by atoms with Crippen molar-refractivity contribution in [2.75, 3.05) is 13.7 Å². The van der Waals surface area contributed by atoms with Gasteiger partial charge < -0.3 is 14.2 Å². The summed E-state index contributed by atoms with van der Waals surface area (Å²) < 4.78 is 28.8. The Labute approximate surface area is 111 Å². The minimum absolute atomic E-state index is 0.176. The van der Waals surface area contributed by atoms with Gasteiger partial charge in [0, 0.05) is 6.42 Å². The molecular formula is C14H17FO4. The molecule has 1 heterocycles. The molecule has 1 aromatic rings. The van der Waals surface area contributed by atoms with Crippen molar-refractivity contribution in [2.45, 2.75) is 31.7 Å². The third-order valence-corrected chi connectivity index (χ3v) is 3.05. The summed E-state index contributed by atoms with van der Waals surface area (Å²) in [7, 11) is 1.34. The number of methoxy groups -OCH3 is 1. The lowest BCUT2D eigenvalue weighted by atomic mass is 10.1. The van der Waals surface area contributed by atoms with Gasteiger partial charge in [0.1, 0.15) is 5.82 Å². The lowest BCUT2D eigenvalue weighted by molar-refractivity contribution is -0.159. The summed E-state index contributed by atoms with van der Waals surface area (Å²) in [5.41, 5.74) is 0.919. The topological polar surface area (TPSA) is 44.8 Å². The van der Waals surface area contributed by atoms with Gasteiger partial charge in [-0.3, -0.25) is 4.79 Å². The van der Waals surface area contributed by atoms with Crippen molar-refractivity contribution in [3.05, 3.63) is 35.6 Å². The lowest BCUT2D eigenvalue weighted by Crippen LogP contribution is -2.30. The Bertz CT molecular complexity index is 445. The zero-order valence-electron chi connectivity index (χ0n) is 11.0. The average Bonchev–Trinajstić information content (AvgIpc) is 2.73. The quantitative estimate of drug-likeness (QED) is 0.784. The Morgan fingerprint density at radius 3 is 2.79 bits per heavy atom. The molecule has 0 N–H and O–H groups in total. The van der Waals surface area contributed by atoms with Crippen molar-refractivity contribution in [3.63, 3.8) is 0 Å². The maximum absolute atomic E-state index is 12.8. The van der Waals surface area contributed by atoms with Crippen LogP contribution in [0.2, 0.25) is 0 Å². The number of hydrogen-bond acceptors (Lipinski definition) is 4. The first-order chi connectivity index (χ1) is 9.00. The van der Waals surface area contributed by atoms with E-state index < -0.39 is 5.79 Å². The standard InChI is InChI=1S/C14H17FO4/c1-14(8-10-3-5-11(15)6-4-10)18-9-12(19-14)7-13(16)17-2/h3-6,12H,7-9H2,1-2H3. The lowest BCUT2D eigenvalue weighted by Gasteiger charge is -2.23. The van der Waals surface area contributed by atoms with Gasteiger partial charge >= 0.3 is 5.97 Å². The van der Waals surface area contributed by atoms with Crippen LogP contribution >= 0.6 is 0 Å². The molecule has 5 heteroatoms. The van der Waals surface area contributed by atoms with Gasteiger partial charge in [-0.2, -0.15) is 0 Å². The van der Waals surface area contributed by atoms with Gasteiger partial charge in [-0.25, -0.2) is 4.39 Å². The summed E-state index contributed by atoms with van der Waals surface area (Å²) in [6.07, 6.45) is 0.387. The summed E-state index contributed by atoms with van der Waals surface area (Å²) >= 11 is 0. The van der Waals surface area contributed by atoms with Crippen LogP contribution in [-0.4, -0.2) is 31.6 Å². The molecule has 0 amide bonds. The highest BCUT2D eigenvalue weighted by molar-refractivity contribution is 5.69. The van der Waals surface area contributed by atoms with E-state index in [9.17, 15) is 9.18 Å². The van der Waals surface area contributed by atoms with E-state index in [2.05, 4.69) is 4.74 Å². The van der Waals surface area contributed by atoms with Crippen molar-refractivity contribution < 1.29 is 23.4 Å². The Hall–Kier alpha value is -1.46. The van der Waals surface area contributed by atoms with Gasteiger partial charge in [-0.1, -0.05) is 12.1 Å². The van der Waals surface area contributed by atoms with Gasteiger partial charge in [0.05, 0.1) is 26.2 Å². The van der Waals surface area contributed by atoms with E-state index in [1.54, 1.807) is 12.1 Å². The summed E-state index contributed by atoms with van der Waals surface area (Å²) in [6.45, 7) is 2.17. The molecule has 2 rings (SSSR count). The highest BCUT2D eigenvalue weighted by Crippen LogP contribution is 2.28. The number of ether oxygens (including phenoxy) is 3. The molecule has 0 aliphatic carbocycles. The van der Waals surface area contributed by atoms with Crippen molar-refractivity contribution in [1.29, 1.82) is 0 Å². The van der Waals surface area contributed by atoms with Crippen molar-refractivity contribution >= 4 is 5.97 Å². The summed E-state index contributed by atoms with van der Waals surface area (Å²) in [4.78, 5) is 11.2. The summed E-state index contributed by atoms with van der Waals surface area (Å²) in [5.74, 6) is -1.37. The SMILES string of the molecule is COC(=O)CC1COC(C)(Cc2ccc(F)cc2)O1. The van der Waals surface area contributed by atoms with E-state index in [1.165, 1.54) is 19.2 Å². The van der Waals surface area contributed by atoms with Crippen LogP contribution in [0.25, 0.3) is 0 Å². The van der Waals surface area contributed by atoms with E-state index in [1.807, 2.05) is 6.92 Å². The Balaban J connectivity index is 1.93. The van der Waals surface area contributed by atoms with Crippen molar-refractivity contribution in [2.24, 2.45) is 0 Å². The van der Waals surface area contributed by atoms with Gasteiger partial charge in [-0.05, 0) is 24.6 Å². The first-order valence-electron chi connectivity index (χ1n) is 6.14. The zero-order valence-corrected chi connectivity index (χ0v) is 11.0. The molecule has 1 saturated heterocycles. The first-order valence-corrected chi connectivity index (χ1v) is 6.14. The van der Waals surface area contributed by atoms with Crippen LogP contribution in [0.3, 0.4) is 0 Å². The Morgan fingerprint density at radius 1 is 1.47 bits per heavy atom. The number of carbonyl (C=O) groups is 1. The molecule has 104 valence electrons. The normalized spacial score (nSPS) is 26.4. The smallest absolute Gasteiger partial charge is 0.308 e. The van der Waals surface area contributed by atoms with Crippen LogP contribution in [0.15, 0.2) is 24.3 Å². The third-order valence-electron chi connectivity index (χ3n) is 3.05. The number of esters is 1. The van der Waals surface area contributed by atoms with Crippen molar-refractivity contribution in [1.82, 2.24) is 0 Å². The highest BCUT2D eigenvalue weighted by atomic mass is 19.1. The molecule has 1 aliphatic rings. The molecule has 1 fully saturated rings. The van der Waals surface area contributed by atoms with Crippen LogP contribution in [0, 0.1) is 5.82 Å². The van der Waals surface area contributed by atoms with Crippen LogP contribution in [0.4, 0.5) is 4.39 Å². The molecule has 0 radical (unpaired) electrons. The van der Waals surface area contributed by atoms with Crippen LogP contribution in [0.1, 0.15) is 18.9 Å².